The Balaban J connectivity index is 2.23. The number of likely N-dealkylation sites (N-methyl/N-ethyl adjacent to an activating group) is 1. The molecule has 2 rings (SSSR count). The second-order valence-corrected chi connectivity index (χ2v) is 5.56. The van der Waals surface area contributed by atoms with Gasteiger partial charge in [0.1, 0.15) is 5.00 Å². The van der Waals surface area contributed by atoms with Gasteiger partial charge >= 0.3 is 0 Å². The highest BCUT2D eigenvalue weighted by Gasteiger charge is 2.23. The van der Waals surface area contributed by atoms with Crippen molar-refractivity contribution in [2.24, 2.45) is 0 Å². The Hall–Kier alpha value is -0.950. The molecule has 0 unspecified atom stereocenters. The van der Waals surface area contributed by atoms with Gasteiger partial charge in [-0.3, -0.25) is 4.79 Å². The van der Waals surface area contributed by atoms with Gasteiger partial charge in [0.25, 0.3) is 0 Å². The molecule has 0 saturated carbocycles. The lowest BCUT2D eigenvalue weighted by Gasteiger charge is -2.20. The molecular weight excluding hydrogens is 256 g/mol. The van der Waals surface area contributed by atoms with Crippen molar-refractivity contribution in [3.05, 3.63) is 0 Å². The van der Waals surface area contributed by atoms with Crippen LogP contribution < -0.4 is 10.6 Å². The summed E-state index contributed by atoms with van der Waals surface area (Å²) in [7, 11) is 1.85. The van der Waals surface area contributed by atoms with E-state index >= 15 is 0 Å². The number of hydrogen-bond donors (Lipinski definition) is 1. The predicted octanol–water partition coefficient (Wildman–Crippen LogP) is 1.12. The Bertz CT molecular complexity index is 420. The molecule has 1 aliphatic rings. The van der Waals surface area contributed by atoms with E-state index < -0.39 is 0 Å². The average Bonchev–Trinajstić information content (AvgIpc) is 2.59. The molecule has 7 heteroatoms. The Morgan fingerprint density at radius 1 is 1.47 bits per heavy atom. The second kappa shape index (κ2) is 5.14. The third kappa shape index (κ3) is 2.50. The van der Waals surface area contributed by atoms with Crippen molar-refractivity contribution in [1.82, 2.24) is 9.27 Å². The van der Waals surface area contributed by atoms with Crippen LogP contribution in [0.25, 0.3) is 0 Å². The standard InChI is InChI=1S/C10H16N4OS2/c1-13-4-3-5-14(6-7(13)15)10-8(16-2)9(11)12-17-10/h3-6H2,1-2H3,(H2,11,12). The molecule has 0 aromatic carbocycles. The molecule has 1 aromatic rings. The Morgan fingerprint density at radius 2 is 2.24 bits per heavy atom. The minimum absolute atomic E-state index is 0.154. The smallest absolute Gasteiger partial charge is 0.241 e. The van der Waals surface area contributed by atoms with E-state index in [-0.39, 0.29) is 5.91 Å². The normalized spacial score (nSPS) is 17.4. The molecule has 17 heavy (non-hydrogen) atoms. The third-order valence-corrected chi connectivity index (χ3v) is 4.69. The summed E-state index contributed by atoms with van der Waals surface area (Å²) in [5.41, 5.74) is 5.82. The molecular formula is C10H16N4OS2. The van der Waals surface area contributed by atoms with Crippen molar-refractivity contribution in [3.63, 3.8) is 0 Å². The largest absolute Gasteiger partial charge is 0.382 e. The molecule has 0 bridgehead atoms. The zero-order chi connectivity index (χ0) is 12.4. The molecule has 5 nitrogen and oxygen atoms in total. The molecule has 1 aliphatic heterocycles. The van der Waals surface area contributed by atoms with Crippen LogP contribution in [0, 0.1) is 0 Å². The van der Waals surface area contributed by atoms with Gasteiger partial charge in [-0.1, -0.05) is 0 Å². The second-order valence-electron chi connectivity index (χ2n) is 4.00. The molecule has 2 N–H and O–H groups in total. The number of thioether (sulfide) groups is 1. The van der Waals surface area contributed by atoms with E-state index in [1.807, 2.05) is 13.3 Å². The van der Waals surface area contributed by atoms with Gasteiger partial charge in [0.05, 0.1) is 11.4 Å². The SMILES string of the molecule is CSc1c(N)nsc1N1CCCN(C)C(=O)C1. The summed E-state index contributed by atoms with van der Waals surface area (Å²) in [5.74, 6) is 0.726. The highest BCUT2D eigenvalue weighted by molar-refractivity contribution is 7.99. The summed E-state index contributed by atoms with van der Waals surface area (Å²) in [5, 5.41) is 1.03. The van der Waals surface area contributed by atoms with E-state index in [1.165, 1.54) is 11.5 Å². The molecule has 1 saturated heterocycles. The fourth-order valence-corrected chi connectivity index (χ4v) is 3.55. The lowest BCUT2D eigenvalue weighted by Crippen LogP contribution is -2.34. The van der Waals surface area contributed by atoms with Crippen LogP contribution in [0.5, 0.6) is 0 Å². The van der Waals surface area contributed by atoms with Crippen molar-refractivity contribution >= 4 is 40.0 Å². The molecule has 1 aromatic heterocycles. The van der Waals surface area contributed by atoms with E-state index in [0.29, 0.717) is 12.4 Å². The number of anilines is 2. The van der Waals surface area contributed by atoms with Gasteiger partial charge in [-0.25, -0.2) is 0 Å². The summed E-state index contributed by atoms with van der Waals surface area (Å²) in [4.78, 5) is 16.7. The van der Waals surface area contributed by atoms with E-state index in [1.54, 1.807) is 16.7 Å². The van der Waals surface area contributed by atoms with Crippen molar-refractivity contribution in [2.45, 2.75) is 11.3 Å². The van der Waals surface area contributed by atoms with Gasteiger partial charge in [-0.05, 0) is 24.2 Å². The monoisotopic (exact) mass is 272 g/mol. The average molecular weight is 272 g/mol. The maximum absolute atomic E-state index is 11.8. The van der Waals surface area contributed by atoms with Crippen molar-refractivity contribution in [2.75, 3.05) is 43.6 Å². The fourth-order valence-electron chi connectivity index (χ4n) is 1.84. The van der Waals surface area contributed by atoms with Crippen LogP contribution in [-0.2, 0) is 4.79 Å². The summed E-state index contributed by atoms with van der Waals surface area (Å²) in [6.45, 7) is 2.12. The minimum atomic E-state index is 0.154. The third-order valence-electron chi connectivity index (χ3n) is 2.82. The number of nitrogen functional groups attached to an aromatic ring is 1. The van der Waals surface area contributed by atoms with Gasteiger partial charge < -0.3 is 15.5 Å². The lowest BCUT2D eigenvalue weighted by molar-refractivity contribution is -0.127. The van der Waals surface area contributed by atoms with E-state index in [2.05, 4.69) is 9.27 Å². The summed E-state index contributed by atoms with van der Waals surface area (Å²) in [6.07, 6.45) is 2.96. The number of carbonyl (C=O) groups is 1. The highest BCUT2D eigenvalue weighted by atomic mass is 32.2. The van der Waals surface area contributed by atoms with Crippen LogP contribution in [0.4, 0.5) is 10.8 Å². The Morgan fingerprint density at radius 3 is 2.94 bits per heavy atom. The molecule has 0 atom stereocenters. The van der Waals surface area contributed by atoms with E-state index in [0.717, 1.165) is 29.4 Å². The first kappa shape index (κ1) is 12.5. The number of rotatable bonds is 2. The maximum Gasteiger partial charge on any atom is 0.241 e. The summed E-state index contributed by atoms with van der Waals surface area (Å²) in [6, 6.07) is 0. The summed E-state index contributed by atoms with van der Waals surface area (Å²) < 4.78 is 4.17. The molecule has 94 valence electrons. The van der Waals surface area contributed by atoms with Gasteiger partial charge in [0.15, 0.2) is 5.82 Å². The first-order valence-corrected chi connectivity index (χ1v) is 7.41. The number of nitrogens with zero attached hydrogens (tertiary/aromatic N) is 3. The van der Waals surface area contributed by atoms with Crippen LogP contribution >= 0.6 is 23.3 Å². The molecule has 2 heterocycles. The number of hydrogen-bond acceptors (Lipinski definition) is 6. The van der Waals surface area contributed by atoms with Crippen LogP contribution in [0.2, 0.25) is 0 Å². The Labute approximate surface area is 109 Å². The van der Waals surface area contributed by atoms with Crippen molar-refractivity contribution in [3.8, 4) is 0 Å². The Kier molecular flexibility index (Phi) is 3.78. The number of amides is 1. The van der Waals surface area contributed by atoms with Crippen LogP contribution in [0.3, 0.4) is 0 Å². The minimum Gasteiger partial charge on any atom is -0.382 e. The van der Waals surface area contributed by atoms with Gasteiger partial charge in [0.2, 0.25) is 5.91 Å². The van der Waals surface area contributed by atoms with Gasteiger partial charge in [-0.15, -0.1) is 11.8 Å². The summed E-state index contributed by atoms with van der Waals surface area (Å²) >= 11 is 2.97. The van der Waals surface area contributed by atoms with Gasteiger partial charge in [0, 0.05) is 20.1 Å². The fraction of sp³-hybridized carbons (Fsp3) is 0.600. The molecule has 0 radical (unpaired) electrons. The molecule has 1 fully saturated rings. The predicted molar refractivity (Wildman–Crippen MR) is 72.8 cm³/mol. The quantitative estimate of drug-likeness (QED) is 0.817. The van der Waals surface area contributed by atoms with Crippen molar-refractivity contribution in [1.29, 1.82) is 0 Å². The number of nitrogens with two attached hydrogens (primary N) is 1. The van der Waals surface area contributed by atoms with E-state index in [4.69, 9.17) is 5.73 Å². The van der Waals surface area contributed by atoms with Crippen LogP contribution in [0.15, 0.2) is 4.90 Å². The van der Waals surface area contributed by atoms with Crippen molar-refractivity contribution < 1.29 is 4.79 Å². The zero-order valence-electron chi connectivity index (χ0n) is 9.97. The molecule has 0 spiro atoms. The highest BCUT2D eigenvalue weighted by Crippen LogP contribution is 2.37. The number of carbonyl (C=O) groups excluding carboxylic acids is 1. The lowest BCUT2D eigenvalue weighted by atomic mass is 10.4. The topological polar surface area (TPSA) is 62.5 Å². The van der Waals surface area contributed by atoms with Crippen LogP contribution in [-0.4, -0.2) is 48.1 Å². The zero-order valence-corrected chi connectivity index (χ0v) is 11.6. The maximum atomic E-state index is 11.8. The molecule has 0 aliphatic carbocycles. The van der Waals surface area contributed by atoms with Gasteiger partial charge in [-0.2, -0.15) is 4.37 Å². The van der Waals surface area contributed by atoms with Crippen LogP contribution in [0.1, 0.15) is 6.42 Å². The molecule has 1 amide bonds. The number of aromatic nitrogens is 1. The van der Waals surface area contributed by atoms with E-state index in [9.17, 15) is 4.79 Å². The first-order valence-electron chi connectivity index (χ1n) is 5.41. The first-order chi connectivity index (χ1) is 8.13.